The van der Waals surface area contributed by atoms with Crippen LogP contribution >= 0.6 is 46.4 Å². The topological polar surface area (TPSA) is 29.9 Å². The quantitative estimate of drug-likeness (QED) is 0.482. The summed E-state index contributed by atoms with van der Waals surface area (Å²) in [4.78, 5) is 0. The van der Waals surface area contributed by atoms with Crippen molar-refractivity contribution in [2.45, 2.75) is 19.3 Å². The highest BCUT2D eigenvalue weighted by atomic mass is 35.5. The minimum absolute atomic E-state index is 0.575. The highest BCUT2D eigenvalue weighted by molar-refractivity contribution is 6.36. The number of hydrogen-bond acceptors (Lipinski definition) is 2. The molecule has 0 spiro atoms. The van der Waals surface area contributed by atoms with E-state index in [2.05, 4.69) is 5.32 Å². The van der Waals surface area contributed by atoms with Crippen LogP contribution in [0, 0.1) is 0 Å². The fourth-order valence-corrected chi connectivity index (χ4v) is 4.08. The van der Waals surface area contributed by atoms with Crippen molar-refractivity contribution >= 4 is 52.2 Å². The van der Waals surface area contributed by atoms with Crippen molar-refractivity contribution in [2.75, 3.05) is 11.9 Å². The van der Waals surface area contributed by atoms with Crippen molar-refractivity contribution in [1.82, 2.24) is 9.78 Å². The maximum Gasteiger partial charge on any atom is 0.133 e. The van der Waals surface area contributed by atoms with Crippen LogP contribution in [0.2, 0.25) is 20.1 Å². The fourth-order valence-electron chi connectivity index (χ4n) is 3.22. The summed E-state index contributed by atoms with van der Waals surface area (Å²) in [6.07, 6.45) is 3.08. The first-order valence-corrected chi connectivity index (χ1v) is 9.82. The molecule has 0 saturated carbocycles. The summed E-state index contributed by atoms with van der Waals surface area (Å²) in [6, 6.07) is 10.8. The van der Waals surface area contributed by atoms with E-state index in [0.29, 0.717) is 20.1 Å². The van der Waals surface area contributed by atoms with E-state index < -0.39 is 0 Å². The third-order valence-electron chi connectivity index (χ3n) is 4.45. The van der Waals surface area contributed by atoms with Crippen LogP contribution in [0.1, 0.15) is 18.4 Å². The summed E-state index contributed by atoms with van der Waals surface area (Å²) in [5.74, 6) is 0.938. The van der Waals surface area contributed by atoms with Crippen molar-refractivity contribution in [3.8, 4) is 16.9 Å². The summed E-state index contributed by atoms with van der Waals surface area (Å²) in [5, 5.41) is 10.7. The van der Waals surface area contributed by atoms with Gasteiger partial charge < -0.3 is 5.32 Å². The Hall–Kier alpha value is -1.39. The van der Waals surface area contributed by atoms with Gasteiger partial charge in [0.05, 0.1) is 21.4 Å². The summed E-state index contributed by atoms with van der Waals surface area (Å²) in [6.45, 7) is 0.880. The molecule has 0 unspecified atom stereocenters. The normalized spacial score (nSPS) is 13.8. The molecule has 1 aliphatic rings. The van der Waals surface area contributed by atoms with E-state index in [9.17, 15) is 0 Å². The molecule has 3 aromatic rings. The second kappa shape index (κ2) is 7.32. The number of hydrogen-bond donors (Lipinski definition) is 1. The lowest BCUT2D eigenvalue weighted by molar-refractivity contribution is 0.780. The Bertz CT molecular complexity index is 981. The van der Waals surface area contributed by atoms with Crippen LogP contribution in [-0.4, -0.2) is 16.3 Å². The molecule has 134 valence electrons. The van der Waals surface area contributed by atoms with E-state index in [-0.39, 0.29) is 0 Å². The zero-order chi connectivity index (χ0) is 18.3. The Balaban J connectivity index is 1.96. The van der Waals surface area contributed by atoms with Crippen molar-refractivity contribution in [3.63, 3.8) is 0 Å². The maximum absolute atomic E-state index is 6.46. The van der Waals surface area contributed by atoms with Gasteiger partial charge in [-0.1, -0.05) is 46.4 Å². The van der Waals surface area contributed by atoms with Gasteiger partial charge in [0.2, 0.25) is 0 Å². The molecule has 0 radical (unpaired) electrons. The van der Waals surface area contributed by atoms with Crippen LogP contribution in [0.5, 0.6) is 0 Å². The number of nitrogens with zero attached hydrogens (tertiary/aromatic N) is 2. The Kier molecular flexibility index (Phi) is 5.07. The van der Waals surface area contributed by atoms with Crippen molar-refractivity contribution in [3.05, 3.63) is 62.1 Å². The first-order chi connectivity index (χ1) is 12.5. The molecule has 0 aliphatic carbocycles. The molecule has 1 N–H and O–H groups in total. The Morgan fingerprint density at radius 1 is 0.885 bits per heavy atom. The molecule has 0 saturated heterocycles. The van der Waals surface area contributed by atoms with Crippen LogP contribution in [0.4, 0.5) is 5.82 Å². The van der Waals surface area contributed by atoms with Gasteiger partial charge in [-0.15, -0.1) is 0 Å². The minimum atomic E-state index is 0.575. The van der Waals surface area contributed by atoms with Gasteiger partial charge in [-0.25, -0.2) is 4.68 Å². The first-order valence-electron chi connectivity index (χ1n) is 8.31. The largest absolute Gasteiger partial charge is 0.370 e. The first kappa shape index (κ1) is 18.0. The Morgan fingerprint density at radius 2 is 1.65 bits per heavy atom. The molecular formula is C19H15Cl4N3. The van der Waals surface area contributed by atoms with E-state index in [1.165, 1.54) is 0 Å². The lowest BCUT2D eigenvalue weighted by atomic mass is 10.0. The van der Waals surface area contributed by atoms with Crippen LogP contribution in [-0.2, 0) is 6.42 Å². The number of benzene rings is 2. The van der Waals surface area contributed by atoms with Gasteiger partial charge in [0.1, 0.15) is 5.82 Å². The number of aromatic nitrogens is 2. The lowest BCUT2D eigenvalue weighted by Crippen LogP contribution is -2.07. The van der Waals surface area contributed by atoms with E-state index in [1.54, 1.807) is 18.2 Å². The van der Waals surface area contributed by atoms with Gasteiger partial charge in [0.25, 0.3) is 0 Å². The van der Waals surface area contributed by atoms with Gasteiger partial charge in [0.15, 0.2) is 0 Å². The SMILES string of the molecule is Clc1ccc(-c2nn(-c3cc(Cl)ccc3Cl)c3c2CCCCN3)c(Cl)c1. The molecule has 7 heteroatoms. The summed E-state index contributed by atoms with van der Waals surface area (Å²) >= 11 is 25.1. The van der Waals surface area contributed by atoms with Crippen LogP contribution in [0.25, 0.3) is 16.9 Å². The average molecular weight is 427 g/mol. The highest BCUT2D eigenvalue weighted by Crippen LogP contribution is 2.39. The number of halogens is 4. The van der Waals surface area contributed by atoms with Crippen LogP contribution in [0.3, 0.4) is 0 Å². The van der Waals surface area contributed by atoms with E-state index in [4.69, 9.17) is 51.5 Å². The number of anilines is 1. The minimum Gasteiger partial charge on any atom is -0.370 e. The molecule has 26 heavy (non-hydrogen) atoms. The molecule has 2 heterocycles. The third kappa shape index (κ3) is 3.29. The fraction of sp³-hybridized carbons (Fsp3) is 0.211. The average Bonchev–Trinajstić information content (AvgIpc) is 2.78. The molecule has 0 amide bonds. The zero-order valence-electron chi connectivity index (χ0n) is 13.7. The molecule has 0 fully saturated rings. The Morgan fingerprint density at radius 3 is 2.46 bits per heavy atom. The molecule has 2 aromatic carbocycles. The third-order valence-corrected chi connectivity index (χ3v) is 5.55. The second-order valence-corrected chi connectivity index (χ2v) is 7.88. The van der Waals surface area contributed by atoms with Crippen molar-refractivity contribution in [1.29, 1.82) is 0 Å². The molecular weight excluding hydrogens is 412 g/mol. The van der Waals surface area contributed by atoms with Crippen molar-refractivity contribution in [2.24, 2.45) is 0 Å². The summed E-state index contributed by atoms with van der Waals surface area (Å²) in [7, 11) is 0. The maximum atomic E-state index is 6.46. The van der Waals surface area contributed by atoms with E-state index >= 15 is 0 Å². The van der Waals surface area contributed by atoms with Gasteiger partial charge in [-0.05, 0) is 55.7 Å². The Labute approximate surface area is 171 Å². The predicted molar refractivity (Wildman–Crippen MR) is 110 cm³/mol. The van der Waals surface area contributed by atoms with Gasteiger partial charge in [-0.2, -0.15) is 5.10 Å². The molecule has 4 rings (SSSR count). The van der Waals surface area contributed by atoms with E-state index in [1.807, 2.05) is 22.9 Å². The van der Waals surface area contributed by atoms with Gasteiger partial charge in [-0.3, -0.25) is 0 Å². The molecule has 0 bridgehead atoms. The van der Waals surface area contributed by atoms with Gasteiger partial charge >= 0.3 is 0 Å². The number of nitrogens with one attached hydrogen (secondary N) is 1. The van der Waals surface area contributed by atoms with Crippen LogP contribution in [0.15, 0.2) is 36.4 Å². The second-order valence-electron chi connectivity index (χ2n) is 6.19. The molecule has 0 atom stereocenters. The standard InChI is InChI=1S/C19H15Cl4N3/c20-11-4-6-13(16(23)9-11)18-14-3-1-2-8-24-19(14)26(25-18)17-10-12(21)5-7-15(17)22/h4-7,9-10,24H,1-3,8H2. The summed E-state index contributed by atoms with van der Waals surface area (Å²) in [5.41, 5.74) is 3.56. The van der Waals surface area contributed by atoms with Crippen molar-refractivity contribution < 1.29 is 0 Å². The molecule has 3 nitrogen and oxygen atoms in total. The van der Waals surface area contributed by atoms with Gasteiger partial charge in [0, 0.05) is 27.7 Å². The van der Waals surface area contributed by atoms with Crippen LogP contribution < -0.4 is 5.32 Å². The molecule has 1 aromatic heterocycles. The predicted octanol–water partition coefficient (Wildman–Crippen LogP) is 6.90. The zero-order valence-corrected chi connectivity index (χ0v) is 16.7. The lowest BCUT2D eigenvalue weighted by Gasteiger charge is -2.11. The van der Waals surface area contributed by atoms with E-state index in [0.717, 1.165) is 54.1 Å². The summed E-state index contributed by atoms with van der Waals surface area (Å²) < 4.78 is 1.83. The molecule has 1 aliphatic heterocycles. The number of rotatable bonds is 2. The highest BCUT2D eigenvalue weighted by Gasteiger charge is 2.24. The number of fused-ring (bicyclic) bond motifs is 1. The monoisotopic (exact) mass is 425 g/mol. The smallest absolute Gasteiger partial charge is 0.133 e.